The molecule has 126 heavy (non-hydrogen) atoms. The van der Waals surface area contributed by atoms with Crippen molar-refractivity contribution in [2.24, 2.45) is 34.5 Å². The lowest BCUT2D eigenvalue weighted by molar-refractivity contribution is -0.201. The Balaban J connectivity index is 0.000000148. The van der Waals surface area contributed by atoms with Crippen molar-refractivity contribution in [2.75, 3.05) is 52.9 Å². The lowest BCUT2D eigenvalue weighted by Gasteiger charge is -2.59. The maximum atomic E-state index is 13.4. The van der Waals surface area contributed by atoms with Crippen LogP contribution >= 0.6 is 0 Å². The number of esters is 4. The van der Waals surface area contributed by atoms with Gasteiger partial charge < -0.3 is 85.6 Å². The molecular formula is C90H106F6O26S4. The number of carbonyl (C=O) groups is 4. The van der Waals surface area contributed by atoms with E-state index in [-0.39, 0.29) is 97.1 Å². The van der Waals surface area contributed by atoms with Crippen LogP contribution in [0.5, 0.6) is 11.5 Å². The van der Waals surface area contributed by atoms with E-state index in [0.717, 1.165) is 22.6 Å². The van der Waals surface area contributed by atoms with Crippen LogP contribution in [0.1, 0.15) is 139 Å². The monoisotopic (exact) mass is 1840 g/mol. The highest BCUT2D eigenvalue weighted by Crippen LogP contribution is 2.64. The first-order valence-corrected chi connectivity index (χ1v) is 46.9. The van der Waals surface area contributed by atoms with Gasteiger partial charge in [0.1, 0.15) is 61.3 Å². The summed E-state index contributed by atoms with van der Waals surface area (Å²) in [6, 6.07) is 57.5. The second-order valence-electron chi connectivity index (χ2n) is 36.0. The van der Waals surface area contributed by atoms with Gasteiger partial charge >= 0.3 is 40.3 Å². The Morgan fingerprint density at radius 2 is 0.802 bits per heavy atom. The van der Waals surface area contributed by atoms with Gasteiger partial charge in [-0.15, -0.1) is 0 Å². The van der Waals surface area contributed by atoms with Crippen LogP contribution in [0.2, 0.25) is 0 Å². The van der Waals surface area contributed by atoms with Gasteiger partial charge in [-0.1, -0.05) is 72.8 Å². The second-order valence-corrected chi connectivity index (χ2v) is 42.9. The maximum absolute atomic E-state index is 13.4. The zero-order valence-electron chi connectivity index (χ0n) is 70.9. The van der Waals surface area contributed by atoms with Crippen molar-refractivity contribution >= 4 is 65.9 Å². The van der Waals surface area contributed by atoms with Crippen LogP contribution in [-0.2, 0) is 118 Å². The number of carbonyl (C=O) groups excluding carboxylic acids is 4. The first-order chi connectivity index (χ1) is 59.0. The highest BCUT2D eigenvalue weighted by atomic mass is 32.2. The fourth-order valence-electron chi connectivity index (χ4n) is 19.7. The molecule has 36 heteroatoms. The Morgan fingerprint density at radius 3 is 1.13 bits per heavy atom. The summed E-state index contributed by atoms with van der Waals surface area (Å²) in [5, 5.41) is 10.2. The van der Waals surface area contributed by atoms with E-state index in [4.69, 9.17) is 61.6 Å². The number of aliphatic hydroxyl groups is 2. The molecular weight excluding hydrogens is 1740 g/mol. The standard InChI is InChI=1S/2C31H35O7S.C15H20F4O6S.C13H18F2O6S/c2*1-30(2)35-20-27(36-30)29-26(37-31(3,4)38-29)19-34-28(32)21-33-22-15-17-25(18-16-22)39(23-11-7-5-8-12-23)24-13-9-6-10-14-24;16-14(17,15(18,19)26(22,23)24)1-2-25-11(20)12-4-9-3-10(5-12)7-13(21,6-9)8-12;14-13(15,22(18,19)20)10(16)21-7-11-2-8-1-9(3-11)5-12(17,4-8)6-11/h2*5-18,26-27,29H,19-21H2,1-4H3;9-10,21H,1-8H2,(H,22,23,24);8-9,17H,1-7H2,(H,18,19,20)/q2*+1;;/p-2. The third-order valence-electron chi connectivity index (χ3n) is 23.9. The first kappa shape index (κ1) is 96.1. The van der Waals surface area contributed by atoms with E-state index in [1.54, 1.807) is 0 Å². The van der Waals surface area contributed by atoms with Crippen LogP contribution in [0.15, 0.2) is 199 Å². The molecule has 0 spiro atoms. The van der Waals surface area contributed by atoms with Crippen molar-refractivity contribution in [1.29, 1.82) is 0 Å². The van der Waals surface area contributed by atoms with Gasteiger partial charge in [0.25, 0.3) is 0 Å². The number of hydrogen-bond donors (Lipinski definition) is 2. The number of rotatable bonds is 28. The summed E-state index contributed by atoms with van der Waals surface area (Å²) >= 11 is 0. The molecule has 8 saturated carbocycles. The lowest BCUT2D eigenvalue weighted by Crippen LogP contribution is -2.58. The van der Waals surface area contributed by atoms with Crippen LogP contribution in [0.4, 0.5) is 26.3 Å². The predicted molar refractivity (Wildman–Crippen MR) is 438 cm³/mol. The van der Waals surface area contributed by atoms with Crippen LogP contribution in [0.25, 0.3) is 0 Å². The molecule has 0 amide bonds. The van der Waals surface area contributed by atoms with Gasteiger partial charge in [0.2, 0.25) is 0 Å². The molecule has 0 aromatic heterocycles. The van der Waals surface area contributed by atoms with Crippen molar-refractivity contribution in [3.63, 3.8) is 0 Å². The maximum Gasteiger partial charge on any atom is 0.428 e. The molecule has 4 heterocycles. The lowest BCUT2D eigenvalue weighted by atomic mass is 9.48. The molecule has 18 rings (SSSR count). The fourth-order valence-corrected chi connectivity index (χ4v) is 24.6. The number of hydrogen-bond acceptors (Lipinski definition) is 26. The summed E-state index contributed by atoms with van der Waals surface area (Å²) in [6.45, 7) is 13.6. The normalized spacial score (nSPS) is 29.3. The quantitative estimate of drug-likeness (QED) is 0.0151. The van der Waals surface area contributed by atoms with Gasteiger partial charge in [0, 0.05) is 5.41 Å². The van der Waals surface area contributed by atoms with E-state index in [0.29, 0.717) is 82.5 Å². The highest BCUT2D eigenvalue weighted by molar-refractivity contribution is 7.97. The molecule has 10 unspecified atom stereocenters. The molecule has 26 nitrogen and oxygen atoms in total. The van der Waals surface area contributed by atoms with Crippen molar-refractivity contribution in [3.8, 4) is 11.5 Å². The smallest absolute Gasteiger partial charge is 0.428 e. The molecule has 12 fully saturated rings. The number of halogens is 6. The van der Waals surface area contributed by atoms with E-state index in [1.165, 1.54) is 19.6 Å². The van der Waals surface area contributed by atoms with Gasteiger partial charge in [-0.05, 0) is 253 Å². The minimum absolute atomic E-state index is 0.0342. The third kappa shape index (κ3) is 23.3. The number of alkyl halides is 6. The summed E-state index contributed by atoms with van der Waals surface area (Å²) in [6.07, 6.45) is 2.89. The second kappa shape index (κ2) is 37.8. The highest BCUT2D eigenvalue weighted by Gasteiger charge is 2.64. The van der Waals surface area contributed by atoms with E-state index in [1.807, 2.05) is 128 Å². The Labute approximate surface area is 734 Å². The van der Waals surface area contributed by atoms with Crippen molar-refractivity contribution < 1.29 is 148 Å². The van der Waals surface area contributed by atoms with Crippen LogP contribution in [0.3, 0.4) is 0 Å². The zero-order valence-corrected chi connectivity index (χ0v) is 74.1. The SMILES string of the molecule is CC1(C)OCC(C2OC(C)(C)OC2COC(=O)COc2ccc([S+](c3ccccc3)c3ccccc3)cc2)O1.CC1(C)OCC(C2OC(C)(C)OC2COC(=O)COc2ccc([S+](c3ccccc3)c3ccccc3)cc2)O1.O=C(OCC12CC3CC(CC(O)(C3)C1)C2)C(F)(F)S(=O)(=O)[O-].O=C(OCCC(F)(F)C(F)(F)S(=O)(=O)[O-])C12CC3CC(CC(O)(C3)C1)C2. The van der Waals surface area contributed by atoms with Crippen molar-refractivity contribution in [3.05, 3.63) is 170 Å². The molecule has 10 atom stereocenters. The van der Waals surface area contributed by atoms with Gasteiger partial charge in [-0.2, -0.15) is 26.3 Å². The van der Waals surface area contributed by atoms with E-state index in [2.05, 4.69) is 102 Å². The van der Waals surface area contributed by atoms with Gasteiger partial charge in [0.15, 0.2) is 86.0 Å². The molecule has 688 valence electrons. The molecule has 4 aliphatic heterocycles. The van der Waals surface area contributed by atoms with Crippen LogP contribution < -0.4 is 9.47 Å². The third-order valence-corrected chi connectivity index (χ3v) is 30.0. The average Bonchev–Trinajstić information content (AvgIpc) is 1.11. The Bertz CT molecular complexity index is 4680. The van der Waals surface area contributed by atoms with Crippen molar-refractivity contribution in [1.82, 2.24) is 0 Å². The summed E-state index contributed by atoms with van der Waals surface area (Å²) < 4.78 is 221. The van der Waals surface area contributed by atoms with E-state index >= 15 is 0 Å². The van der Waals surface area contributed by atoms with Gasteiger partial charge in [-0.3, -0.25) is 4.79 Å². The topological polar surface area (TPSA) is 352 Å². The minimum atomic E-state index is -6.56. The van der Waals surface area contributed by atoms with Crippen LogP contribution in [0, 0.1) is 34.5 Å². The average molecular weight is 1850 g/mol. The Morgan fingerprint density at radius 1 is 0.444 bits per heavy atom. The fraction of sp³-hybridized carbons (Fsp3) is 0.556. The number of ether oxygens (including phenoxy) is 14. The van der Waals surface area contributed by atoms with Gasteiger partial charge in [0.05, 0.1) is 71.3 Å². The van der Waals surface area contributed by atoms with E-state index < -0.39 is 143 Å². The molecule has 8 aliphatic carbocycles. The van der Waals surface area contributed by atoms with Gasteiger partial charge in [-0.25, -0.2) is 31.2 Å². The first-order valence-electron chi connectivity index (χ1n) is 41.7. The summed E-state index contributed by atoms with van der Waals surface area (Å²) in [5.74, 6) is -10.3. The molecule has 0 radical (unpaired) electrons. The summed E-state index contributed by atoms with van der Waals surface area (Å²) in [5.41, 5.74) is -3.43. The predicted octanol–water partition coefficient (Wildman–Crippen LogP) is 13.8. The zero-order chi connectivity index (χ0) is 90.9. The van der Waals surface area contributed by atoms with Crippen molar-refractivity contribution in [2.45, 2.75) is 256 Å². The Kier molecular flexibility index (Phi) is 28.8. The number of benzene rings is 6. The largest absolute Gasteiger partial charge is 0.743 e. The minimum Gasteiger partial charge on any atom is -0.743 e. The molecule has 6 aromatic carbocycles. The van der Waals surface area contributed by atoms with E-state index in [9.17, 15) is 81.7 Å². The van der Waals surface area contributed by atoms with Crippen LogP contribution in [-0.4, -0.2) is 200 Å². The summed E-state index contributed by atoms with van der Waals surface area (Å²) in [7, 11) is -13.2. The molecule has 2 N–H and O–H groups in total. The molecule has 6 aromatic rings. The molecule has 4 saturated heterocycles. The molecule has 8 bridgehead atoms. The Hall–Kier alpha value is -7.50. The molecule has 12 aliphatic rings. The summed E-state index contributed by atoms with van der Waals surface area (Å²) in [4.78, 5) is 56.0.